The number of nitrogens with zero attached hydrogens (tertiary/aromatic N) is 1. The van der Waals surface area contributed by atoms with Crippen molar-refractivity contribution >= 4 is 29.9 Å². The van der Waals surface area contributed by atoms with Gasteiger partial charge in [0.05, 0.1) is 6.04 Å². The van der Waals surface area contributed by atoms with E-state index < -0.39 is 6.61 Å². The number of benzene rings is 1. The maximum atomic E-state index is 12.1. The van der Waals surface area contributed by atoms with Crippen LogP contribution in [0.3, 0.4) is 0 Å². The highest BCUT2D eigenvalue weighted by Crippen LogP contribution is 2.43. The molecule has 0 heterocycles. The summed E-state index contributed by atoms with van der Waals surface area (Å²) >= 11 is 0. The van der Waals surface area contributed by atoms with Gasteiger partial charge in [0.2, 0.25) is 0 Å². The molecule has 0 unspecified atom stereocenters. The molecule has 0 aliphatic heterocycles. The fourth-order valence-electron chi connectivity index (χ4n) is 2.17. The molecule has 0 saturated heterocycles. The van der Waals surface area contributed by atoms with Crippen molar-refractivity contribution in [3.05, 3.63) is 29.8 Å². The summed E-state index contributed by atoms with van der Waals surface area (Å²) in [5.74, 6) is 0.905. The summed E-state index contributed by atoms with van der Waals surface area (Å²) in [4.78, 5) is 4.43. The van der Waals surface area contributed by atoms with Crippen LogP contribution in [0.4, 0.5) is 8.78 Å². The molecule has 4 nitrogen and oxygen atoms in total. The average molecular weight is 425 g/mol. The zero-order chi connectivity index (χ0) is 15.6. The monoisotopic (exact) mass is 425 g/mol. The van der Waals surface area contributed by atoms with Crippen LogP contribution in [0.2, 0.25) is 0 Å². The van der Waals surface area contributed by atoms with Crippen LogP contribution < -0.4 is 15.8 Å². The maximum Gasteiger partial charge on any atom is 0.387 e. The lowest BCUT2D eigenvalue weighted by atomic mass is 10.1. The fraction of sp³-hybridized carbons (Fsp3) is 0.533. The Kier molecular flexibility index (Phi) is 6.39. The van der Waals surface area contributed by atoms with Crippen molar-refractivity contribution in [3.8, 4) is 5.75 Å². The van der Waals surface area contributed by atoms with Crippen molar-refractivity contribution < 1.29 is 13.5 Å². The second kappa shape index (κ2) is 7.43. The lowest BCUT2D eigenvalue weighted by molar-refractivity contribution is -0.0498. The number of ether oxygens (including phenoxy) is 1. The van der Waals surface area contributed by atoms with E-state index in [2.05, 4.69) is 15.0 Å². The number of halogens is 3. The summed E-state index contributed by atoms with van der Waals surface area (Å²) < 4.78 is 28.5. The van der Waals surface area contributed by atoms with Gasteiger partial charge in [-0.05, 0) is 44.9 Å². The molecule has 0 bridgehead atoms. The summed E-state index contributed by atoms with van der Waals surface area (Å²) in [5, 5.41) is 3.12. The molecule has 1 aliphatic rings. The molecule has 2 rings (SSSR count). The SMILES string of the molecule is CC(C)(C)NC(N)=N[C@@H]1C[C@H]1c1ccc(OC(F)F)cc1.I. The molecule has 1 fully saturated rings. The number of hydrogen-bond acceptors (Lipinski definition) is 2. The molecule has 0 amide bonds. The van der Waals surface area contributed by atoms with E-state index in [1.807, 2.05) is 20.8 Å². The summed E-state index contributed by atoms with van der Waals surface area (Å²) in [5.41, 5.74) is 6.80. The van der Waals surface area contributed by atoms with Gasteiger partial charge in [-0.15, -0.1) is 24.0 Å². The summed E-state index contributed by atoms with van der Waals surface area (Å²) in [6, 6.07) is 6.85. The van der Waals surface area contributed by atoms with Crippen LogP contribution in [0.15, 0.2) is 29.3 Å². The van der Waals surface area contributed by atoms with E-state index in [1.54, 1.807) is 24.3 Å². The Bertz CT molecular complexity index is 515. The molecule has 0 aromatic heterocycles. The van der Waals surface area contributed by atoms with Crippen LogP contribution in [0.1, 0.15) is 38.7 Å². The Balaban J connectivity index is 0.00000242. The Labute approximate surface area is 146 Å². The van der Waals surface area contributed by atoms with E-state index in [0.717, 1.165) is 12.0 Å². The largest absolute Gasteiger partial charge is 0.435 e. The Morgan fingerprint density at radius 3 is 2.41 bits per heavy atom. The van der Waals surface area contributed by atoms with E-state index in [-0.39, 0.29) is 41.3 Å². The second-order valence-corrected chi connectivity index (χ2v) is 6.25. The van der Waals surface area contributed by atoms with E-state index in [0.29, 0.717) is 11.9 Å². The summed E-state index contributed by atoms with van der Waals surface area (Å²) in [6.45, 7) is 3.25. The molecule has 0 radical (unpaired) electrons. The fourth-order valence-corrected chi connectivity index (χ4v) is 2.17. The quantitative estimate of drug-likeness (QED) is 0.442. The minimum Gasteiger partial charge on any atom is -0.435 e. The number of aliphatic imine (C=N–C) groups is 1. The van der Waals surface area contributed by atoms with Gasteiger partial charge in [0.15, 0.2) is 5.96 Å². The van der Waals surface area contributed by atoms with Gasteiger partial charge in [-0.2, -0.15) is 8.78 Å². The highest BCUT2D eigenvalue weighted by Gasteiger charge is 2.38. The smallest absolute Gasteiger partial charge is 0.387 e. The Morgan fingerprint density at radius 1 is 1.32 bits per heavy atom. The van der Waals surface area contributed by atoms with Crippen molar-refractivity contribution in [2.75, 3.05) is 0 Å². The molecule has 7 heteroatoms. The van der Waals surface area contributed by atoms with Gasteiger partial charge in [-0.3, -0.25) is 0 Å². The summed E-state index contributed by atoms with van der Waals surface area (Å²) in [7, 11) is 0. The van der Waals surface area contributed by atoms with E-state index in [1.165, 1.54) is 0 Å². The first-order valence-corrected chi connectivity index (χ1v) is 6.91. The molecule has 3 N–H and O–H groups in total. The lowest BCUT2D eigenvalue weighted by Gasteiger charge is -2.21. The molecular weight excluding hydrogens is 403 g/mol. The first-order valence-electron chi connectivity index (χ1n) is 6.91. The third kappa shape index (κ3) is 5.94. The van der Waals surface area contributed by atoms with Crippen molar-refractivity contribution in [1.29, 1.82) is 0 Å². The number of hydrogen-bond donors (Lipinski definition) is 2. The number of alkyl halides is 2. The third-order valence-electron chi connectivity index (χ3n) is 3.10. The second-order valence-electron chi connectivity index (χ2n) is 6.25. The predicted octanol–water partition coefficient (Wildman–Crippen LogP) is 3.46. The van der Waals surface area contributed by atoms with Gasteiger partial charge in [-0.25, -0.2) is 4.99 Å². The zero-order valence-electron chi connectivity index (χ0n) is 12.8. The number of nitrogens with two attached hydrogens (primary N) is 1. The molecule has 1 aromatic rings. The van der Waals surface area contributed by atoms with Crippen LogP contribution >= 0.6 is 24.0 Å². The van der Waals surface area contributed by atoms with Crippen LogP contribution in [-0.4, -0.2) is 24.2 Å². The minimum absolute atomic E-state index is 0. The van der Waals surface area contributed by atoms with Crippen molar-refractivity contribution in [2.24, 2.45) is 10.7 Å². The lowest BCUT2D eigenvalue weighted by Crippen LogP contribution is -2.45. The first kappa shape index (κ1) is 18.9. The number of rotatable bonds is 4. The number of guanidine groups is 1. The normalized spacial score (nSPS) is 21.3. The molecule has 1 aromatic carbocycles. The number of nitrogens with one attached hydrogen (secondary N) is 1. The van der Waals surface area contributed by atoms with E-state index in [4.69, 9.17) is 5.73 Å². The van der Waals surface area contributed by atoms with E-state index >= 15 is 0 Å². The van der Waals surface area contributed by atoms with Gasteiger partial charge < -0.3 is 15.8 Å². The van der Waals surface area contributed by atoms with Gasteiger partial charge in [-0.1, -0.05) is 12.1 Å². The highest BCUT2D eigenvalue weighted by molar-refractivity contribution is 14.0. The minimum atomic E-state index is -2.79. The van der Waals surface area contributed by atoms with Crippen LogP contribution in [0.5, 0.6) is 5.75 Å². The Hall–Kier alpha value is -1.12. The summed E-state index contributed by atoms with van der Waals surface area (Å²) in [6.07, 6.45) is 0.918. The molecule has 124 valence electrons. The molecule has 22 heavy (non-hydrogen) atoms. The van der Waals surface area contributed by atoms with Crippen molar-refractivity contribution in [1.82, 2.24) is 5.32 Å². The standard InChI is InChI=1S/C15H21F2N3O.HI/c1-15(2,3)20-14(18)19-12-8-11(12)9-4-6-10(7-5-9)21-13(16)17;/h4-7,11-13H,8H2,1-3H3,(H3,18,19,20);1H/t11-,12+;/m0./s1. The highest BCUT2D eigenvalue weighted by atomic mass is 127. The van der Waals surface area contributed by atoms with Crippen molar-refractivity contribution in [3.63, 3.8) is 0 Å². The van der Waals surface area contributed by atoms with Crippen molar-refractivity contribution in [2.45, 2.75) is 51.3 Å². The predicted molar refractivity (Wildman–Crippen MR) is 94.1 cm³/mol. The molecular formula is C15H22F2IN3O. The third-order valence-corrected chi connectivity index (χ3v) is 3.10. The topological polar surface area (TPSA) is 59.6 Å². The maximum absolute atomic E-state index is 12.1. The molecule has 2 atom stereocenters. The van der Waals surface area contributed by atoms with Crippen LogP contribution in [0, 0.1) is 0 Å². The van der Waals surface area contributed by atoms with Gasteiger partial charge >= 0.3 is 6.61 Å². The van der Waals surface area contributed by atoms with Crippen LogP contribution in [-0.2, 0) is 0 Å². The van der Waals surface area contributed by atoms with Gasteiger partial charge in [0.1, 0.15) is 5.75 Å². The van der Waals surface area contributed by atoms with Gasteiger partial charge in [0, 0.05) is 11.5 Å². The van der Waals surface area contributed by atoms with E-state index in [9.17, 15) is 8.78 Å². The molecule has 0 spiro atoms. The molecule has 1 saturated carbocycles. The molecule has 1 aliphatic carbocycles. The first-order chi connectivity index (χ1) is 9.74. The average Bonchev–Trinajstić information content (AvgIpc) is 3.05. The van der Waals surface area contributed by atoms with Gasteiger partial charge in [0.25, 0.3) is 0 Å². The van der Waals surface area contributed by atoms with Crippen LogP contribution in [0.25, 0.3) is 0 Å². The zero-order valence-corrected chi connectivity index (χ0v) is 15.2. The Morgan fingerprint density at radius 2 is 1.91 bits per heavy atom.